The van der Waals surface area contributed by atoms with Gasteiger partial charge in [-0.2, -0.15) is 0 Å². The highest BCUT2D eigenvalue weighted by molar-refractivity contribution is 5.80. The van der Waals surface area contributed by atoms with E-state index in [1.807, 2.05) is 0 Å². The van der Waals surface area contributed by atoms with Crippen molar-refractivity contribution in [3.05, 3.63) is 0 Å². The molecule has 0 spiro atoms. The second-order valence-electron chi connectivity index (χ2n) is 2.74. The second kappa shape index (κ2) is 2.97. The van der Waals surface area contributed by atoms with Gasteiger partial charge in [0.05, 0.1) is 6.54 Å². The summed E-state index contributed by atoms with van der Waals surface area (Å²) in [5.41, 5.74) is 5.15. The first-order valence-electron chi connectivity index (χ1n) is 3.54. The van der Waals surface area contributed by atoms with E-state index in [1.165, 1.54) is 19.3 Å². The minimum Gasteiger partial charge on any atom is -0.324 e. The third-order valence-corrected chi connectivity index (χ3v) is 1.97. The summed E-state index contributed by atoms with van der Waals surface area (Å²) in [7, 11) is 0. The molecule has 0 amide bonds. The van der Waals surface area contributed by atoms with Crippen molar-refractivity contribution in [2.45, 2.75) is 25.7 Å². The molecule has 0 aromatic rings. The number of nitrogens with two attached hydrogens (primary N) is 1. The molecular formula is C7H13NO. The van der Waals surface area contributed by atoms with Crippen molar-refractivity contribution >= 4 is 5.78 Å². The first-order chi connectivity index (χ1) is 4.33. The molecule has 1 saturated carbocycles. The summed E-state index contributed by atoms with van der Waals surface area (Å²) in [5.74, 6) is 0.903. The van der Waals surface area contributed by atoms with Crippen LogP contribution in [0, 0.1) is 5.92 Å². The van der Waals surface area contributed by atoms with Gasteiger partial charge in [0, 0.05) is 6.42 Å². The summed E-state index contributed by atoms with van der Waals surface area (Å²) in [6.45, 7) is 0.233. The maximum Gasteiger partial charge on any atom is 0.146 e. The van der Waals surface area contributed by atoms with Crippen molar-refractivity contribution in [1.82, 2.24) is 0 Å². The Kier molecular flexibility index (Phi) is 2.22. The lowest BCUT2D eigenvalue weighted by Crippen LogP contribution is -2.21. The van der Waals surface area contributed by atoms with Crippen molar-refractivity contribution in [3.63, 3.8) is 0 Å². The van der Waals surface area contributed by atoms with Crippen molar-refractivity contribution in [3.8, 4) is 0 Å². The highest BCUT2D eigenvalue weighted by Gasteiger charge is 2.19. The fraction of sp³-hybridized carbons (Fsp3) is 0.857. The monoisotopic (exact) mass is 127 g/mol. The molecule has 1 aliphatic carbocycles. The highest BCUT2D eigenvalue weighted by Crippen LogP contribution is 2.29. The summed E-state index contributed by atoms with van der Waals surface area (Å²) >= 11 is 0. The Morgan fingerprint density at radius 1 is 1.56 bits per heavy atom. The van der Waals surface area contributed by atoms with E-state index in [0.717, 1.165) is 6.42 Å². The van der Waals surface area contributed by atoms with Gasteiger partial charge in [-0.25, -0.2) is 0 Å². The van der Waals surface area contributed by atoms with Crippen LogP contribution >= 0.6 is 0 Å². The Morgan fingerprint density at radius 2 is 2.22 bits per heavy atom. The van der Waals surface area contributed by atoms with Crippen LogP contribution in [-0.2, 0) is 4.79 Å². The van der Waals surface area contributed by atoms with Gasteiger partial charge in [0.1, 0.15) is 5.78 Å². The van der Waals surface area contributed by atoms with Gasteiger partial charge in [0.25, 0.3) is 0 Å². The van der Waals surface area contributed by atoms with Crippen LogP contribution in [0.4, 0.5) is 0 Å². The van der Waals surface area contributed by atoms with Crippen molar-refractivity contribution in [2.75, 3.05) is 6.54 Å². The highest BCUT2D eigenvalue weighted by atomic mass is 16.1. The van der Waals surface area contributed by atoms with Crippen molar-refractivity contribution < 1.29 is 4.79 Å². The predicted octanol–water partition coefficient (Wildman–Crippen LogP) is 0.704. The van der Waals surface area contributed by atoms with Crippen LogP contribution in [0.3, 0.4) is 0 Å². The molecular weight excluding hydrogens is 114 g/mol. The molecule has 9 heavy (non-hydrogen) atoms. The third kappa shape index (κ3) is 1.79. The largest absolute Gasteiger partial charge is 0.324 e. The SMILES string of the molecule is NCC(=O)CC1CCC1. The Bertz CT molecular complexity index is 107. The van der Waals surface area contributed by atoms with Crippen LogP contribution in [0.1, 0.15) is 25.7 Å². The van der Waals surface area contributed by atoms with Crippen molar-refractivity contribution in [1.29, 1.82) is 0 Å². The minimum atomic E-state index is 0.222. The summed E-state index contributed by atoms with van der Waals surface area (Å²) < 4.78 is 0. The topological polar surface area (TPSA) is 43.1 Å². The first kappa shape index (κ1) is 6.75. The molecule has 0 aromatic heterocycles. The molecule has 0 aliphatic heterocycles. The first-order valence-corrected chi connectivity index (χ1v) is 3.54. The molecule has 1 fully saturated rings. The van der Waals surface area contributed by atoms with Crippen LogP contribution in [0.25, 0.3) is 0 Å². The number of Topliss-reactive ketones (excluding diaryl/α,β-unsaturated/α-hetero) is 1. The lowest BCUT2D eigenvalue weighted by atomic mass is 9.82. The molecule has 0 heterocycles. The Labute approximate surface area is 55.4 Å². The quantitative estimate of drug-likeness (QED) is 0.606. The molecule has 0 atom stereocenters. The van der Waals surface area contributed by atoms with Gasteiger partial charge in [0.15, 0.2) is 0 Å². The molecule has 2 N–H and O–H groups in total. The average Bonchev–Trinajstić information content (AvgIpc) is 1.78. The Hall–Kier alpha value is -0.370. The number of hydrogen-bond donors (Lipinski definition) is 1. The van der Waals surface area contributed by atoms with E-state index in [0.29, 0.717) is 5.92 Å². The Morgan fingerprint density at radius 3 is 2.56 bits per heavy atom. The van der Waals surface area contributed by atoms with Crippen LogP contribution in [-0.4, -0.2) is 12.3 Å². The number of hydrogen-bond acceptors (Lipinski definition) is 2. The number of rotatable bonds is 3. The van der Waals surface area contributed by atoms with E-state index in [-0.39, 0.29) is 12.3 Å². The van der Waals surface area contributed by atoms with Gasteiger partial charge >= 0.3 is 0 Å². The molecule has 0 saturated heterocycles. The zero-order valence-corrected chi connectivity index (χ0v) is 5.60. The fourth-order valence-corrected chi connectivity index (χ4v) is 1.10. The number of carbonyl (C=O) groups excluding carboxylic acids is 1. The van der Waals surface area contributed by atoms with E-state index in [2.05, 4.69) is 0 Å². The zero-order chi connectivity index (χ0) is 6.69. The Balaban J connectivity index is 2.09. The number of carbonyl (C=O) groups is 1. The lowest BCUT2D eigenvalue weighted by molar-refractivity contribution is -0.119. The molecule has 0 unspecified atom stereocenters. The molecule has 2 nitrogen and oxygen atoms in total. The van der Waals surface area contributed by atoms with E-state index < -0.39 is 0 Å². The lowest BCUT2D eigenvalue weighted by Gasteiger charge is -2.23. The van der Waals surface area contributed by atoms with E-state index in [9.17, 15) is 4.79 Å². The third-order valence-electron chi connectivity index (χ3n) is 1.97. The van der Waals surface area contributed by atoms with Gasteiger partial charge in [0.2, 0.25) is 0 Å². The van der Waals surface area contributed by atoms with Crippen molar-refractivity contribution in [2.24, 2.45) is 11.7 Å². The molecule has 1 aliphatic rings. The van der Waals surface area contributed by atoms with Crippen LogP contribution in [0.15, 0.2) is 0 Å². The summed E-state index contributed by atoms with van der Waals surface area (Å²) in [5, 5.41) is 0. The van der Waals surface area contributed by atoms with E-state index in [4.69, 9.17) is 5.73 Å². The van der Waals surface area contributed by atoms with Gasteiger partial charge < -0.3 is 5.73 Å². The molecule has 52 valence electrons. The molecule has 0 aromatic carbocycles. The van der Waals surface area contributed by atoms with Crippen LogP contribution in [0.5, 0.6) is 0 Å². The maximum atomic E-state index is 10.7. The molecule has 1 rings (SSSR count). The summed E-state index contributed by atoms with van der Waals surface area (Å²) in [6, 6.07) is 0. The van der Waals surface area contributed by atoms with E-state index in [1.54, 1.807) is 0 Å². The zero-order valence-electron chi connectivity index (χ0n) is 5.60. The fourth-order valence-electron chi connectivity index (χ4n) is 1.10. The van der Waals surface area contributed by atoms with Gasteiger partial charge in [-0.3, -0.25) is 4.79 Å². The molecule has 2 heteroatoms. The summed E-state index contributed by atoms with van der Waals surface area (Å²) in [4.78, 5) is 10.7. The van der Waals surface area contributed by atoms with E-state index >= 15 is 0 Å². The summed E-state index contributed by atoms with van der Waals surface area (Å²) in [6.07, 6.45) is 4.52. The standard InChI is InChI=1S/C7H13NO/c8-5-7(9)4-6-2-1-3-6/h6H,1-5,8H2. The van der Waals surface area contributed by atoms with Gasteiger partial charge in [-0.1, -0.05) is 19.3 Å². The number of ketones is 1. The minimum absolute atomic E-state index is 0.222. The predicted molar refractivity (Wildman–Crippen MR) is 36.0 cm³/mol. The molecule has 0 radical (unpaired) electrons. The van der Waals surface area contributed by atoms with Crippen LogP contribution in [0.2, 0.25) is 0 Å². The smallest absolute Gasteiger partial charge is 0.146 e. The van der Waals surface area contributed by atoms with Gasteiger partial charge in [-0.05, 0) is 5.92 Å². The second-order valence-corrected chi connectivity index (χ2v) is 2.74. The average molecular weight is 127 g/mol. The molecule has 0 bridgehead atoms. The van der Waals surface area contributed by atoms with Gasteiger partial charge in [-0.15, -0.1) is 0 Å². The van der Waals surface area contributed by atoms with Crippen LogP contribution < -0.4 is 5.73 Å². The normalized spacial score (nSPS) is 19.2. The maximum absolute atomic E-state index is 10.7.